The molecule has 4 nitrogen and oxygen atoms in total. The Hall–Kier alpha value is -2.10. The van der Waals surface area contributed by atoms with Gasteiger partial charge in [-0.05, 0) is 60.8 Å². The number of Topliss-reactive ketones (excluding diaryl/α,β-unsaturated/α-hetero) is 2. The zero-order valence-electron chi connectivity index (χ0n) is 19.0. The molecule has 0 aromatic heterocycles. The van der Waals surface area contributed by atoms with Crippen LogP contribution >= 0.6 is 0 Å². The lowest BCUT2D eigenvalue weighted by Crippen LogP contribution is -2.33. The summed E-state index contributed by atoms with van der Waals surface area (Å²) < 4.78 is 0. The summed E-state index contributed by atoms with van der Waals surface area (Å²) in [6, 6.07) is 7.69. The summed E-state index contributed by atoms with van der Waals surface area (Å²) in [5, 5.41) is 0. The maximum atomic E-state index is 13.0. The number of aliphatic imine (C=N–C) groups is 2. The Morgan fingerprint density at radius 2 is 1.00 bits per heavy atom. The largest absolute Gasteiger partial charge is 0.292 e. The summed E-state index contributed by atoms with van der Waals surface area (Å²) in [4.78, 5) is 35.6. The van der Waals surface area contributed by atoms with Crippen molar-refractivity contribution in [2.24, 2.45) is 43.5 Å². The van der Waals surface area contributed by atoms with Crippen LogP contribution < -0.4 is 0 Å². The highest BCUT2D eigenvalue weighted by Gasteiger charge is 2.66. The van der Waals surface area contributed by atoms with Crippen LogP contribution in [0.2, 0.25) is 0 Å². The third-order valence-electron chi connectivity index (χ3n) is 9.93. The molecule has 4 fully saturated rings. The first-order valence-corrected chi connectivity index (χ1v) is 11.3. The quantitative estimate of drug-likeness (QED) is 0.618. The van der Waals surface area contributed by atoms with Gasteiger partial charge in [0, 0.05) is 22.7 Å². The molecule has 1 aromatic carbocycles. The fourth-order valence-corrected chi connectivity index (χ4v) is 6.79. The van der Waals surface area contributed by atoms with Crippen LogP contribution in [0.4, 0.5) is 11.4 Å². The van der Waals surface area contributed by atoms with Crippen LogP contribution in [0.3, 0.4) is 0 Å². The van der Waals surface area contributed by atoms with Crippen molar-refractivity contribution >= 4 is 34.4 Å². The van der Waals surface area contributed by atoms with Crippen LogP contribution in [0.15, 0.2) is 34.3 Å². The standard InChI is InChI=1S/C26H32N2O2/c1-23(2)17-11-13-25(23,5)21(29)19(17)27-15-7-9-16(10-8-15)28-20-18-12-14-26(6,22(20)30)24(18,3)4/h7-10,17-18H,11-14H2,1-6H3/t17-,18+,25-,26+. The van der Waals surface area contributed by atoms with E-state index < -0.39 is 0 Å². The summed E-state index contributed by atoms with van der Waals surface area (Å²) in [5.74, 6) is 0.918. The van der Waals surface area contributed by atoms with Gasteiger partial charge in [-0.25, -0.2) is 9.98 Å². The van der Waals surface area contributed by atoms with E-state index in [1.807, 2.05) is 24.3 Å². The van der Waals surface area contributed by atoms with Gasteiger partial charge in [0.15, 0.2) is 11.6 Å². The third-order valence-corrected chi connectivity index (χ3v) is 9.93. The van der Waals surface area contributed by atoms with Gasteiger partial charge in [-0.2, -0.15) is 0 Å². The molecular weight excluding hydrogens is 372 g/mol. The van der Waals surface area contributed by atoms with Crippen LogP contribution in [0, 0.1) is 33.5 Å². The Labute approximate surface area is 179 Å². The van der Waals surface area contributed by atoms with Gasteiger partial charge in [0.25, 0.3) is 0 Å². The maximum Gasteiger partial charge on any atom is 0.183 e. The second kappa shape index (κ2) is 5.77. The van der Waals surface area contributed by atoms with Gasteiger partial charge in [-0.15, -0.1) is 0 Å². The number of carbonyl (C=O) groups excluding carboxylic acids is 2. The number of hydrogen-bond acceptors (Lipinski definition) is 4. The molecule has 0 unspecified atom stereocenters. The molecule has 1 aromatic rings. The van der Waals surface area contributed by atoms with E-state index in [0.29, 0.717) is 0 Å². The molecule has 4 bridgehead atoms. The summed E-state index contributed by atoms with van der Waals surface area (Å²) in [7, 11) is 0. The smallest absolute Gasteiger partial charge is 0.183 e. The van der Waals surface area contributed by atoms with Crippen molar-refractivity contribution in [3.63, 3.8) is 0 Å². The Morgan fingerprint density at radius 1 is 0.667 bits per heavy atom. The molecule has 0 spiro atoms. The van der Waals surface area contributed by atoms with Gasteiger partial charge in [-0.3, -0.25) is 9.59 Å². The van der Waals surface area contributed by atoms with Crippen LogP contribution in [0.25, 0.3) is 0 Å². The van der Waals surface area contributed by atoms with Crippen LogP contribution in [-0.4, -0.2) is 23.0 Å². The average molecular weight is 405 g/mol. The normalized spacial score (nSPS) is 40.9. The molecule has 4 heteroatoms. The first-order valence-electron chi connectivity index (χ1n) is 11.3. The Morgan fingerprint density at radius 3 is 1.27 bits per heavy atom. The highest BCUT2D eigenvalue weighted by Crippen LogP contribution is 2.63. The van der Waals surface area contributed by atoms with Crippen LogP contribution in [0.5, 0.6) is 0 Å². The van der Waals surface area contributed by atoms with E-state index in [4.69, 9.17) is 9.98 Å². The highest BCUT2D eigenvalue weighted by molar-refractivity contribution is 6.46. The molecule has 0 aliphatic heterocycles. The Bertz CT molecular complexity index is 947. The van der Waals surface area contributed by atoms with E-state index in [0.717, 1.165) is 48.5 Å². The number of benzene rings is 1. The summed E-state index contributed by atoms with van der Waals surface area (Å²) in [6.07, 6.45) is 4.00. The second-order valence-electron chi connectivity index (χ2n) is 11.5. The predicted molar refractivity (Wildman–Crippen MR) is 120 cm³/mol. The lowest BCUT2D eigenvalue weighted by molar-refractivity contribution is -0.124. The van der Waals surface area contributed by atoms with E-state index >= 15 is 0 Å². The van der Waals surface area contributed by atoms with E-state index in [1.54, 1.807) is 0 Å². The summed E-state index contributed by atoms with van der Waals surface area (Å²) >= 11 is 0. The molecule has 30 heavy (non-hydrogen) atoms. The SMILES string of the molecule is CC1(C)[C@H]2CC[C@@]1(C)C(=O)C2=Nc1ccc(N=C2C(=O)[C@@]3(C)CC[C@H]2C3(C)C)cc1. The zero-order chi connectivity index (χ0) is 21.7. The summed E-state index contributed by atoms with van der Waals surface area (Å²) in [6.45, 7) is 13.0. The van der Waals surface area contributed by atoms with Gasteiger partial charge < -0.3 is 0 Å². The van der Waals surface area contributed by atoms with Crippen molar-refractivity contribution < 1.29 is 9.59 Å². The first kappa shape index (κ1) is 19.8. The van der Waals surface area contributed by atoms with Gasteiger partial charge in [-0.1, -0.05) is 41.5 Å². The topological polar surface area (TPSA) is 58.9 Å². The van der Waals surface area contributed by atoms with Crippen molar-refractivity contribution in [2.45, 2.75) is 67.2 Å². The van der Waals surface area contributed by atoms with Crippen LogP contribution in [0.1, 0.15) is 67.2 Å². The van der Waals surface area contributed by atoms with Gasteiger partial charge in [0.2, 0.25) is 0 Å². The van der Waals surface area contributed by atoms with E-state index in [9.17, 15) is 9.59 Å². The predicted octanol–water partition coefficient (Wildman–Crippen LogP) is 5.88. The molecule has 0 N–H and O–H groups in total. The minimum Gasteiger partial charge on any atom is -0.292 e. The molecule has 4 aliphatic carbocycles. The number of hydrogen-bond donors (Lipinski definition) is 0. The van der Waals surface area contributed by atoms with Gasteiger partial charge in [0.05, 0.1) is 22.8 Å². The van der Waals surface area contributed by atoms with Gasteiger partial charge >= 0.3 is 0 Å². The zero-order valence-corrected chi connectivity index (χ0v) is 19.0. The molecule has 0 radical (unpaired) electrons. The molecule has 0 heterocycles. The molecule has 4 atom stereocenters. The van der Waals surface area contributed by atoms with Crippen molar-refractivity contribution in [2.75, 3.05) is 0 Å². The third kappa shape index (κ3) is 2.18. The van der Waals surface area contributed by atoms with E-state index in [-0.39, 0.29) is 45.1 Å². The summed E-state index contributed by atoms with van der Waals surface area (Å²) in [5.41, 5.74) is 2.44. The lowest BCUT2D eigenvalue weighted by Gasteiger charge is -2.31. The molecule has 0 saturated heterocycles. The fourth-order valence-electron chi connectivity index (χ4n) is 6.79. The molecule has 0 amide bonds. The van der Waals surface area contributed by atoms with Crippen molar-refractivity contribution in [3.05, 3.63) is 24.3 Å². The Kier molecular flexibility index (Phi) is 3.82. The Balaban J connectivity index is 1.43. The minimum absolute atomic E-state index is 0.0279. The molecular formula is C26H32N2O2. The first-order chi connectivity index (χ1) is 13.9. The number of ketones is 2. The number of fused-ring (bicyclic) bond motifs is 4. The monoisotopic (exact) mass is 404 g/mol. The fraction of sp³-hybridized carbons (Fsp3) is 0.615. The molecule has 4 aliphatic rings. The average Bonchev–Trinajstić information content (AvgIpc) is 3.17. The van der Waals surface area contributed by atoms with Crippen molar-refractivity contribution in [3.8, 4) is 0 Å². The minimum atomic E-state index is -0.284. The number of carbonyl (C=O) groups is 2. The molecule has 4 saturated carbocycles. The van der Waals surface area contributed by atoms with Gasteiger partial charge in [0.1, 0.15) is 0 Å². The van der Waals surface area contributed by atoms with Crippen molar-refractivity contribution in [1.29, 1.82) is 0 Å². The maximum absolute atomic E-state index is 13.0. The molecule has 158 valence electrons. The molecule has 5 rings (SSSR count). The second-order valence-corrected chi connectivity index (χ2v) is 11.5. The number of rotatable bonds is 2. The lowest BCUT2D eigenvalue weighted by atomic mass is 9.70. The van der Waals surface area contributed by atoms with Crippen LogP contribution in [-0.2, 0) is 9.59 Å². The van der Waals surface area contributed by atoms with E-state index in [1.165, 1.54) is 0 Å². The van der Waals surface area contributed by atoms with Crippen molar-refractivity contribution in [1.82, 2.24) is 0 Å². The number of nitrogens with zero attached hydrogens (tertiary/aromatic N) is 2. The van der Waals surface area contributed by atoms with E-state index in [2.05, 4.69) is 41.5 Å². The highest BCUT2D eigenvalue weighted by atomic mass is 16.1.